The second-order valence-electron chi connectivity index (χ2n) is 4.55. The third-order valence-electron chi connectivity index (χ3n) is 3.28. The van der Waals surface area contributed by atoms with Gasteiger partial charge in [0, 0.05) is 18.0 Å². The Labute approximate surface area is 119 Å². The van der Waals surface area contributed by atoms with Crippen LogP contribution in [0.3, 0.4) is 0 Å². The molecule has 2 aromatic rings. The van der Waals surface area contributed by atoms with Crippen molar-refractivity contribution in [3.63, 3.8) is 0 Å². The van der Waals surface area contributed by atoms with Crippen LogP contribution in [0.25, 0.3) is 10.9 Å². The number of ether oxygens (including phenoxy) is 2. The van der Waals surface area contributed by atoms with Crippen molar-refractivity contribution in [2.24, 2.45) is 0 Å². The van der Waals surface area contributed by atoms with Gasteiger partial charge in [-0.1, -0.05) is 18.2 Å². The Morgan fingerprint density at radius 1 is 1.11 bits per heavy atom. The average molecular weight is 280 g/mol. The van der Waals surface area contributed by atoms with Crippen LogP contribution < -0.4 is 0 Å². The van der Waals surface area contributed by atoms with Crippen molar-refractivity contribution < 1.29 is 9.47 Å². The topological polar surface area (TPSA) is 31.4 Å². The van der Waals surface area contributed by atoms with E-state index in [9.17, 15) is 0 Å². The zero-order chi connectivity index (χ0) is 12.2. The number of hydrogen-bond donors (Lipinski definition) is 0. The maximum absolute atomic E-state index is 5.57. The van der Waals surface area contributed by atoms with Crippen molar-refractivity contribution >= 4 is 23.3 Å². The van der Waals surface area contributed by atoms with Gasteiger partial charge < -0.3 is 9.47 Å². The number of pyridine rings is 1. The quantitative estimate of drug-likeness (QED) is 0.863. The van der Waals surface area contributed by atoms with Crippen LogP contribution in [0.4, 0.5) is 0 Å². The summed E-state index contributed by atoms with van der Waals surface area (Å²) < 4.78 is 11.1. The van der Waals surface area contributed by atoms with Gasteiger partial charge in [0.15, 0.2) is 6.29 Å². The standard InChI is InChI=1S/C15H17NO2.ClH/c1-2-5-14-13(4-1)12(8-9-16-14)6-7-15-17-10-3-11-18-15;/h1-2,4-5,8-9,15H,3,6-7,10-11H2;1H. The van der Waals surface area contributed by atoms with Crippen LogP contribution in [0.5, 0.6) is 0 Å². The van der Waals surface area contributed by atoms with Gasteiger partial charge in [0.2, 0.25) is 0 Å². The summed E-state index contributed by atoms with van der Waals surface area (Å²) in [5.74, 6) is 0. The lowest BCUT2D eigenvalue weighted by atomic mass is 10.0. The molecule has 102 valence electrons. The molecule has 0 unspecified atom stereocenters. The maximum Gasteiger partial charge on any atom is 0.157 e. The highest BCUT2D eigenvalue weighted by atomic mass is 35.5. The molecule has 0 bridgehead atoms. The summed E-state index contributed by atoms with van der Waals surface area (Å²) >= 11 is 0. The van der Waals surface area contributed by atoms with Gasteiger partial charge >= 0.3 is 0 Å². The molecule has 1 fully saturated rings. The van der Waals surface area contributed by atoms with E-state index in [0.717, 1.165) is 38.0 Å². The van der Waals surface area contributed by atoms with E-state index in [1.807, 2.05) is 18.3 Å². The highest BCUT2D eigenvalue weighted by Gasteiger charge is 2.14. The largest absolute Gasteiger partial charge is 0.353 e. The molecule has 0 N–H and O–H groups in total. The molecule has 3 rings (SSSR count). The molecule has 1 saturated heterocycles. The van der Waals surface area contributed by atoms with Gasteiger partial charge in [-0.05, 0) is 30.5 Å². The highest BCUT2D eigenvalue weighted by molar-refractivity contribution is 5.85. The third-order valence-corrected chi connectivity index (χ3v) is 3.28. The van der Waals surface area contributed by atoms with Crippen molar-refractivity contribution in [1.82, 2.24) is 4.98 Å². The molecule has 3 nitrogen and oxygen atoms in total. The first kappa shape index (κ1) is 14.3. The average Bonchev–Trinajstić information content (AvgIpc) is 2.46. The summed E-state index contributed by atoms with van der Waals surface area (Å²) in [6, 6.07) is 10.3. The Kier molecular flexibility index (Phi) is 5.14. The minimum Gasteiger partial charge on any atom is -0.353 e. The number of para-hydroxylation sites is 1. The second-order valence-corrected chi connectivity index (χ2v) is 4.55. The van der Waals surface area contributed by atoms with Gasteiger partial charge in [-0.15, -0.1) is 12.4 Å². The number of rotatable bonds is 3. The fraction of sp³-hybridized carbons (Fsp3) is 0.400. The maximum atomic E-state index is 5.57. The minimum absolute atomic E-state index is 0. The third kappa shape index (κ3) is 3.44. The van der Waals surface area contributed by atoms with Gasteiger partial charge in [-0.3, -0.25) is 4.98 Å². The molecule has 1 aromatic carbocycles. The number of aromatic nitrogens is 1. The first-order valence-corrected chi connectivity index (χ1v) is 6.49. The SMILES string of the molecule is Cl.c1ccc2c(CCC3OCCCO3)ccnc2c1. The summed E-state index contributed by atoms with van der Waals surface area (Å²) in [5.41, 5.74) is 2.37. The number of halogens is 1. The van der Waals surface area contributed by atoms with Crippen LogP contribution in [0.2, 0.25) is 0 Å². The molecule has 0 radical (unpaired) electrons. The number of nitrogens with zero attached hydrogens (tertiary/aromatic N) is 1. The van der Waals surface area contributed by atoms with E-state index in [2.05, 4.69) is 23.2 Å². The highest BCUT2D eigenvalue weighted by Crippen LogP contribution is 2.19. The summed E-state index contributed by atoms with van der Waals surface area (Å²) in [4.78, 5) is 4.37. The Morgan fingerprint density at radius 3 is 2.74 bits per heavy atom. The summed E-state index contributed by atoms with van der Waals surface area (Å²) in [7, 11) is 0. The molecule has 1 aliphatic heterocycles. The minimum atomic E-state index is -0.0364. The number of fused-ring (bicyclic) bond motifs is 1. The lowest BCUT2D eigenvalue weighted by molar-refractivity contribution is -0.180. The van der Waals surface area contributed by atoms with E-state index < -0.39 is 0 Å². The summed E-state index contributed by atoms with van der Waals surface area (Å²) in [6.07, 6.45) is 4.72. The lowest BCUT2D eigenvalue weighted by Crippen LogP contribution is -2.25. The number of hydrogen-bond acceptors (Lipinski definition) is 3. The van der Waals surface area contributed by atoms with Crippen molar-refractivity contribution in [2.75, 3.05) is 13.2 Å². The fourth-order valence-electron chi connectivity index (χ4n) is 2.35. The first-order chi connectivity index (χ1) is 8.93. The molecule has 0 saturated carbocycles. The van der Waals surface area contributed by atoms with E-state index in [-0.39, 0.29) is 18.7 Å². The molecule has 0 aliphatic carbocycles. The molecule has 0 atom stereocenters. The number of benzene rings is 1. The zero-order valence-electron chi connectivity index (χ0n) is 10.7. The van der Waals surface area contributed by atoms with Gasteiger partial charge in [-0.25, -0.2) is 0 Å². The summed E-state index contributed by atoms with van der Waals surface area (Å²) in [6.45, 7) is 1.64. The fourth-order valence-corrected chi connectivity index (χ4v) is 2.35. The van der Waals surface area contributed by atoms with Gasteiger partial charge in [-0.2, -0.15) is 0 Å². The van der Waals surface area contributed by atoms with E-state index in [1.165, 1.54) is 10.9 Å². The Hall–Kier alpha value is -1.16. The lowest BCUT2D eigenvalue weighted by Gasteiger charge is -2.23. The van der Waals surface area contributed by atoms with Crippen LogP contribution in [0, 0.1) is 0 Å². The Morgan fingerprint density at radius 2 is 1.89 bits per heavy atom. The Balaban J connectivity index is 0.00000133. The van der Waals surface area contributed by atoms with Gasteiger partial charge in [0.25, 0.3) is 0 Å². The van der Waals surface area contributed by atoms with Crippen molar-refractivity contribution in [3.8, 4) is 0 Å². The smallest absolute Gasteiger partial charge is 0.157 e. The van der Waals surface area contributed by atoms with Crippen LogP contribution in [0.1, 0.15) is 18.4 Å². The molecular formula is C15H18ClNO2. The molecule has 19 heavy (non-hydrogen) atoms. The predicted octanol–water partition coefficient (Wildman–Crippen LogP) is 3.35. The summed E-state index contributed by atoms with van der Waals surface area (Å²) in [5, 5.41) is 1.23. The van der Waals surface area contributed by atoms with E-state index in [0.29, 0.717) is 0 Å². The Bertz CT molecular complexity index is 521. The van der Waals surface area contributed by atoms with E-state index in [1.54, 1.807) is 0 Å². The van der Waals surface area contributed by atoms with Crippen molar-refractivity contribution in [1.29, 1.82) is 0 Å². The normalized spacial score (nSPS) is 16.2. The second kappa shape index (κ2) is 6.85. The molecule has 4 heteroatoms. The van der Waals surface area contributed by atoms with E-state index in [4.69, 9.17) is 9.47 Å². The van der Waals surface area contributed by atoms with Crippen molar-refractivity contribution in [2.45, 2.75) is 25.6 Å². The molecule has 2 heterocycles. The monoisotopic (exact) mass is 279 g/mol. The number of aryl methyl sites for hydroxylation is 1. The van der Waals surface area contributed by atoms with Gasteiger partial charge in [0.05, 0.1) is 18.7 Å². The molecule has 0 spiro atoms. The van der Waals surface area contributed by atoms with Gasteiger partial charge in [0.1, 0.15) is 0 Å². The molecule has 1 aliphatic rings. The molecular weight excluding hydrogens is 262 g/mol. The van der Waals surface area contributed by atoms with Crippen LogP contribution in [0.15, 0.2) is 36.5 Å². The first-order valence-electron chi connectivity index (χ1n) is 6.49. The molecule has 1 aromatic heterocycles. The molecule has 0 amide bonds. The van der Waals surface area contributed by atoms with Crippen LogP contribution in [-0.2, 0) is 15.9 Å². The van der Waals surface area contributed by atoms with Crippen LogP contribution >= 0.6 is 12.4 Å². The van der Waals surface area contributed by atoms with Crippen LogP contribution in [-0.4, -0.2) is 24.5 Å². The zero-order valence-corrected chi connectivity index (χ0v) is 11.6. The predicted molar refractivity (Wildman–Crippen MR) is 77.6 cm³/mol. The van der Waals surface area contributed by atoms with Crippen molar-refractivity contribution in [3.05, 3.63) is 42.1 Å². The van der Waals surface area contributed by atoms with E-state index >= 15 is 0 Å².